The van der Waals surface area contributed by atoms with Crippen molar-refractivity contribution < 1.29 is 9.53 Å². The minimum absolute atomic E-state index is 0.0938. The molecule has 0 saturated heterocycles. The fourth-order valence-corrected chi connectivity index (χ4v) is 3.35. The van der Waals surface area contributed by atoms with Crippen LogP contribution in [0.2, 0.25) is 0 Å². The van der Waals surface area contributed by atoms with Crippen LogP contribution in [0.1, 0.15) is 15.9 Å². The maximum Gasteiger partial charge on any atom is 0.252 e. The first-order valence-corrected chi connectivity index (χ1v) is 9.61. The predicted molar refractivity (Wildman–Crippen MR) is 116 cm³/mol. The van der Waals surface area contributed by atoms with Crippen LogP contribution >= 0.6 is 0 Å². The quantitative estimate of drug-likeness (QED) is 0.517. The highest BCUT2D eigenvalue weighted by molar-refractivity contribution is 6.07. The number of rotatable bonds is 6. The molecule has 144 valence electrons. The summed E-state index contributed by atoms with van der Waals surface area (Å²) >= 11 is 0. The van der Waals surface area contributed by atoms with E-state index in [2.05, 4.69) is 17.4 Å². The van der Waals surface area contributed by atoms with E-state index in [0.29, 0.717) is 12.1 Å². The number of hydrogen-bond donors (Lipinski definition) is 1. The minimum atomic E-state index is -0.0938. The molecule has 1 N–H and O–H groups in total. The Morgan fingerprint density at radius 3 is 2.55 bits per heavy atom. The van der Waals surface area contributed by atoms with Gasteiger partial charge in [0.05, 0.1) is 23.9 Å². The van der Waals surface area contributed by atoms with Gasteiger partial charge >= 0.3 is 0 Å². The summed E-state index contributed by atoms with van der Waals surface area (Å²) in [5.41, 5.74) is 4.27. The van der Waals surface area contributed by atoms with Crippen molar-refractivity contribution in [2.75, 3.05) is 13.7 Å². The van der Waals surface area contributed by atoms with E-state index < -0.39 is 0 Å². The molecule has 1 amide bonds. The third-order valence-electron chi connectivity index (χ3n) is 4.87. The van der Waals surface area contributed by atoms with Crippen molar-refractivity contribution in [2.24, 2.45) is 0 Å². The second-order valence-corrected chi connectivity index (χ2v) is 6.80. The summed E-state index contributed by atoms with van der Waals surface area (Å²) in [5, 5.41) is 3.89. The molecule has 3 aromatic carbocycles. The van der Waals surface area contributed by atoms with Crippen LogP contribution in [0.25, 0.3) is 22.2 Å². The highest BCUT2D eigenvalue weighted by Crippen LogP contribution is 2.27. The Morgan fingerprint density at radius 2 is 1.72 bits per heavy atom. The lowest BCUT2D eigenvalue weighted by Crippen LogP contribution is -2.26. The zero-order valence-electron chi connectivity index (χ0n) is 16.3. The first kappa shape index (κ1) is 18.7. The molecule has 4 nitrogen and oxygen atoms in total. The molecular formula is C25H22N2O2. The van der Waals surface area contributed by atoms with E-state index in [4.69, 9.17) is 9.72 Å². The largest absolute Gasteiger partial charge is 0.497 e. The molecule has 0 aliphatic carbocycles. The molecule has 0 saturated carbocycles. The van der Waals surface area contributed by atoms with Crippen molar-refractivity contribution in [1.82, 2.24) is 10.3 Å². The molecule has 0 atom stereocenters. The fraction of sp³-hybridized carbons (Fsp3) is 0.120. The number of hydrogen-bond acceptors (Lipinski definition) is 3. The number of pyridine rings is 1. The second-order valence-electron chi connectivity index (χ2n) is 6.80. The molecule has 0 radical (unpaired) electrons. The Balaban J connectivity index is 1.64. The van der Waals surface area contributed by atoms with Crippen molar-refractivity contribution in [2.45, 2.75) is 6.42 Å². The molecule has 0 spiro atoms. The molecule has 0 fully saturated rings. The van der Waals surface area contributed by atoms with Gasteiger partial charge in [-0.15, -0.1) is 0 Å². The number of nitrogens with zero attached hydrogens (tertiary/aromatic N) is 1. The third-order valence-corrected chi connectivity index (χ3v) is 4.87. The smallest absolute Gasteiger partial charge is 0.252 e. The average Bonchev–Trinajstić information content (AvgIpc) is 2.79. The maximum absolute atomic E-state index is 13.0. The summed E-state index contributed by atoms with van der Waals surface area (Å²) in [5.74, 6) is 0.662. The Kier molecular flexibility index (Phi) is 5.52. The summed E-state index contributed by atoms with van der Waals surface area (Å²) in [7, 11) is 1.64. The number of fused-ring (bicyclic) bond motifs is 1. The SMILES string of the molecule is COc1cccc(-c2cc(C(=O)NCCc3ccccc3)c3ccccc3n2)c1. The summed E-state index contributed by atoms with van der Waals surface area (Å²) < 4.78 is 5.33. The number of para-hydroxylation sites is 1. The van der Waals surface area contributed by atoms with Gasteiger partial charge in [-0.1, -0.05) is 60.7 Å². The number of carbonyl (C=O) groups is 1. The molecular weight excluding hydrogens is 360 g/mol. The van der Waals surface area contributed by atoms with E-state index in [-0.39, 0.29) is 5.91 Å². The Bertz CT molecular complexity index is 1140. The number of carbonyl (C=O) groups excluding carboxylic acids is 1. The normalized spacial score (nSPS) is 10.7. The summed E-state index contributed by atoms with van der Waals surface area (Å²) in [6.45, 7) is 0.577. The molecule has 0 unspecified atom stereocenters. The van der Waals surface area contributed by atoms with Crippen molar-refractivity contribution in [3.05, 3.63) is 96.1 Å². The van der Waals surface area contributed by atoms with Crippen LogP contribution in [-0.2, 0) is 6.42 Å². The topological polar surface area (TPSA) is 51.2 Å². The Labute approximate surface area is 170 Å². The van der Waals surface area contributed by atoms with Crippen LogP contribution in [0.15, 0.2) is 84.9 Å². The molecule has 29 heavy (non-hydrogen) atoms. The Morgan fingerprint density at radius 1 is 0.931 bits per heavy atom. The van der Waals surface area contributed by atoms with Crippen LogP contribution in [0, 0.1) is 0 Å². The van der Waals surface area contributed by atoms with Gasteiger partial charge in [0.1, 0.15) is 5.75 Å². The minimum Gasteiger partial charge on any atom is -0.497 e. The molecule has 4 heteroatoms. The first-order valence-electron chi connectivity index (χ1n) is 9.61. The molecule has 0 aliphatic rings. The number of methoxy groups -OCH3 is 1. The van der Waals surface area contributed by atoms with E-state index in [1.807, 2.05) is 72.8 Å². The van der Waals surface area contributed by atoms with Crippen LogP contribution in [0.4, 0.5) is 0 Å². The molecule has 1 aromatic heterocycles. The zero-order valence-corrected chi connectivity index (χ0v) is 16.3. The van der Waals surface area contributed by atoms with Crippen molar-refractivity contribution in [1.29, 1.82) is 0 Å². The van der Waals surface area contributed by atoms with Crippen LogP contribution in [0.5, 0.6) is 5.75 Å². The number of nitrogens with one attached hydrogen (secondary N) is 1. The lowest BCUT2D eigenvalue weighted by Gasteiger charge is -2.11. The van der Waals surface area contributed by atoms with Gasteiger partial charge in [-0.2, -0.15) is 0 Å². The van der Waals surface area contributed by atoms with E-state index in [0.717, 1.165) is 34.3 Å². The molecule has 4 aromatic rings. The number of benzene rings is 3. The van der Waals surface area contributed by atoms with E-state index >= 15 is 0 Å². The highest BCUT2D eigenvalue weighted by atomic mass is 16.5. The van der Waals surface area contributed by atoms with Crippen LogP contribution in [0.3, 0.4) is 0 Å². The van der Waals surface area contributed by atoms with Gasteiger partial charge < -0.3 is 10.1 Å². The highest BCUT2D eigenvalue weighted by Gasteiger charge is 2.14. The van der Waals surface area contributed by atoms with E-state index in [1.165, 1.54) is 5.56 Å². The van der Waals surface area contributed by atoms with Crippen molar-refractivity contribution in [3.8, 4) is 17.0 Å². The number of amides is 1. The fourth-order valence-electron chi connectivity index (χ4n) is 3.35. The van der Waals surface area contributed by atoms with Gasteiger partial charge in [-0.3, -0.25) is 4.79 Å². The standard InChI is InChI=1S/C25H22N2O2/c1-29-20-11-7-10-19(16-20)24-17-22(21-12-5-6-13-23(21)27-24)25(28)26-15-14-18-8-3-2-4-9-18/h2-13,16-17H,14-15H2,1H3,(H,26,28). The molecule has 0 aliphatic heterocycles. The van der Waals surface area contributed by atoms with Gasteiger partial charge in [0.2, 0.25) is 0 Å². The number of aromatic nitrogens is 1. The monoisotopic (exact) mass is 382 g/mol. The van der Waals surface area contributed by atoms with Crippen molar-refractivity contribution >= 4 is 16.8 Å². The van der Waals surface area contributed by atoms with Gasteiger partial charge in [-0.05, 0) is 36.2 Å². The lowest BCUT2D eigenvalue weighted by atomic mass is 10.0. The van der Waals surface area contributed by atoms with Gasteiger partial charge in [0, 0.05) is 17.5 Å². The third kappa shape index (κ3) is 4.27. The van der Waals surface area contributed by atoms with Crippen LogP contribution < -0.4 is 10.1 Å². The Hall–Kier alpha value is -3.66. The predicted octanol–water partition coefficient (Wildman–Crippen LogP) is 4.88. The van der Waals surface area contributed by atoms with E-state index in [1.54, 1.807) is 7.11 Å². The van der Waals surface area contributed by atoms with E-state index in [9.17, 15) is 4.79 Å². The van der Waals surface area contributed by atoms with Gasteiger partial charge in [0.15, 0.2) is 0 Å². The maximum atomic E-state index is 13.0. The zero-order chi connectivity index (χ0) is 20.1. The number of ether oxygens (including phenoxy) is 1. The first-order chi connectivity index (χ1) is 14.2. The molecule has 4 rings (SSSR count). The summed E-state index contributed by atoms with van der Waals surface area (Å²) in [4.78, 5) is 17.7. The average molecular weight is 382 g/mol. The van der Waals surface area contributed by atoms with Crippen molar-refractivity contribution in [3.63, 3.8) is 0 Å². The molecule has 0 bridgehead atoms. The van der Waals surface area contributed by atoms with Gasteiger partial charge in [0.25, 0.3) is 5.91 Å². The summed E-state index contributed by atoms with van der Waals surface area (Å²) in [6.07, 6.45) is 0.790. The van der Waals surface area contributed by atoms with Gasteiger partial charge in [-0.25, -0.2) is 4.98 Å². The summed E-state index contributed by atoms with van der Waals surface area (Å²) in [6, 6.07) is 27.4. The van der Waals surface area contributed by atoms with Crippen LogP contribution in [-0.4, -0.2) is 24.5 Å². The lowest BCUT2D eigenvalue weighted by molar-refractivity contribution is 0.0956. The second kappa shape index (κ2) is 8.57. The molecule has 1 heterocycles.